The van der Waals surface area contributed by atoms with Crippen LogP contribution in [0.15, 0.2) is 12.2 Å². The number of hydrogen-bond donors (Lipinski definition) is 0. The molecule has 0 N–H and O–H groups in total. The van der Waals surface area contributed by atoms with Crippen LogP contribution in [0.5, 0.6) is 0 Å². The van der Waals surface area contributed by atoms with E-state index in [-0.39, 0.29) is 32.2 Å². The van der Waals surface area contributed by atoms with Crippen molar-refractivity contribution in [2.24, 2.45) is 0 Å². The van der Waals surface area contributed by atoms with Gasteiger partial charge in [-0.15, -0.1) is 0 Å². The number of carbonyl (C=O) groups is 3. The van der Waals surface area contributed by atoms with Gasteiger partial charge in [-0.3, -0.25) is 9.59 Å². The van der Waals surface area contributed by atoms with Gasteiger partial charge in [0.2, 0.25) is 0 Å². The van der Waals surface area contributed by atoms with Gasteiger partial charge in [-0.1, -0.05) is 315 Å². The Balaban J connectivity index is 3.78. The number of likely N-dealkylation sites (N-methyl/N-ethyl adjacent to an activating group) is 1. The third-order valence-corrected chi connectivity index (χ3v) is 15.5. The second-order valence-electron chi connectivity index (χ2n) is 24.5. The zero-order chi connectivity index (χ0) is 56.2. The van der Waals surface area contributed by atoms with Crippen molar-refractivity contribution in [3.05, 3.63) is 12.2 Å². The van der Waals surface area contributed by atoms with Gasteiger partial charge >= 0.3 is 11.9 Å². The highest BCUT2D eigenvalue weighted by Gasteiger charge is 2.22. The van der Waals surface area contributed by atoms with Crippen molar-refractivity contribution in [1.82, 2.24) is 0 Å². The van der Waals surface area contributed by atoms with Crippen LogP contribution in [0, 0.1) is 0 Å². The molecule has 456 valence electrons. The van der Waals surface area contributed by atoms with E-state index in [0.717, 1.165) is 57.8 Å². The molecular weight excluding hydrogens is 959 g/mol. The highest BCUT2D eigenvalue weighted by molar-refractivity contribution is 5.70. The molecule has 0 amide bonds. The predicted octanol–water partition coefficient (Wildman–Crippen LogP) is 19.1. The number of hydrogen-bond acceptors (Lipinski definition) is 8. The first-order valence-corrected chi connectivity index (χ1v) is 33.8. The van der Waals surface area contributed by atoms with Gasteiger partial charge in [0.15, 0.2) is 12.4 Å². The summed E-state index contributed by atoms with van der Waals surface area (Å²) in [7, 11) is 5.93. The first-order valence-electron chi connectivity index (χ1n) is 33.8. The van der Waals surface area contributed by atoms with E-state index in [2.05, 4.69) is 26.0 Å². The van der Waals surface area contributed by atoms with Gasteiger partial charge < -0.3 is 33.3 Å². The number of carboxylic acids is 1. The van der Waals surface area contributed by atoms with Gasteiger partial charge in [0, 0.05) is 12.8 Å². The summed E-state index contributed by atoms with van der Waals surface area (Å²) in [6.07, 6.45) is 69.2. The summed E-state index contributed by atoms with van der Waals surface area (Å²) < 4.78 is 22.7. The van der Waals surface area contributed by atoms with Crippen molar-refractivity contribution in [3.8, 4) is 0 Å². The maximum atomic E-state index is 12.8. The van der Waals surface area contributed by atoms with Crippen molar-refractivity contribution < 1.29 is 42.9 Å². The number of nitrogens with zero attached hydrogens (tertiary/aromatic N) is 1. The number of aliphatic carboxylic acids is 1. The zero-order valence-corrected chi connectivity index (χ0v) is 52.1. The van der Waals surface area contributed by atoms with Crippen LogP contribution in [-0.4, -0.2) is 82.3 Å². The van der Waals surface area contributed by atoms with Gasteiger partial charge in [-0.05, 0) is 32.1 Å². The number of carboxylic acid groups (broad SMARTS) is 1. The average Bonchev–Trinajstić information content (AvgIpc) is 3.40. The quantitative estimate of drug-likeness (QED) is 0.0195. The van der Waals surface area contributed by atoms with Crippen molar-refractivity contribution in [1.29, 1.82) is 0 Å². The molecule has 2 unspecified atom stereocenters. The molecule has 0 bridgehead atoms. The fourth-order valence-corrected chi connectivity index (χ4v) is 10.3. The average molecular weight is 1090 g/mol. The van der Waals surface area contributed by atoms with E-state index in [1.54, 1.807) is 0 Å². The third kappa shape index (κ3) is 61.5. The molecule has 9 nitrogen and oxygen atoms in total. The van der Waals surface area contributed by atoms with Gasteiger partial charge in [0.1, 0.15) is 13.2 Å². The minimum atomic E-state index is -1.62. The molecule has 0 radical (unpaired) electrons. The molecule has 0 heterocycles. The summed E-state index contributed by atoms with van der Waals surface area (Å²) in [5.41, 5.74) is 0. The minimum absolute atomic E-state index is 0.149. The Hall–Kier alpha value is -1.97. The molecule has 77 heavy (non-hydrogen) atoms. The Kier molecular flexibility index (Phi) is 58.6. The van der Waals surface area contributed by atoms with Crippen molar-refractivity contribution in [2.75, 3.05) is 47.5 Å². The lowest BCUT2D eigenvalue weighted by Crippen LogP contribution is -2.44. The summed E-state index contributed by atoms with van der Waals surface area (Å²) in [6.45, 7) is 4.74. The number of ether oxygens (including phenoxy) is 4. The van der Waals surface area contributed by atoms with E-state index in [1.807, 2.05) is 21.1 Å². The Morgan fingerprint density at radius 2 is 0.675 bits per heavy atom. The summed E-state index contributed by atoms with van der Waals surface area (Å²) in [5, 5.41) is 11.7. The van der Waals surface area contributed by atoms with E-state index >= 15 is 0 Å². The number of unbranched alkanes of at least 4 members (excludes halogenated alkanes) is 47. The number of rotatable bonds is 64. The molecule has 9 heteroatoms. The Morgan fingerprint density at radius 3 is 1.00 bits per heavy atom. The molecule has 0 aromatic rings. The topological polar surface area (TPSA) is 111 Å². The molecule has 0 aliphatic rings. The van der Waals surface area contributed by atoms with E-state index in [0.29, 0.717) is 23.9 Å². The normalized spacial score (nSPS) is 12.7. The summed E-state index contributed by atoms with van der Waals surface area (Å²) in [5.74, 6) is -2.28. The SMILES string of the molecule is CCCC/C=C\CCCCCCCC(=O)OC(COC(=O)CCCCCCCCCCCCCCCCCCCCCCCCCCCCCCCCCCCCCCCCCCC)COC(OCC[N+](C)(C)C)C(=O)[O-]. The standard InChI is InChI=1S/C68H131NO8/c1-6-8-10-12-14-16-18-19-20-21-22-23-24-25-26-27-28-29-30-31-32-33-34-35-36-37-38-39-40-41-42-43-44-45-46-47-49-50-52-54-56-58-65(70)75-62-64(63-76-68(67(72)73)74-61-60-69(3,4)5)77-66(71)59-57-55-53-51-48-17-15-13-11-9-7-2/h13,15,64,68H,6-12,14,16-63H2,1-5H3/b15-13-. The Morgan fingerprint density at radius 1 is 0.377 bits per heavy atom. The maximum absolute atomic E-state index is 12.8. The fraction of sp³-hybridized carbons (Fsp3) is 0.926. The van der Waals surface area contributed by atoms with E-state index < -0.39 is 24.3 Å². The molecule has 2 atom stereocenters. The lowest BCUT2D eigenvalue weighted by Gasteiger charge is -2.26. The zero-order valence-electron chi connectivity index (χ0n) is 52.1. The van der Waals surface area contributed by atoms with Gasteiger partial charge in [0.25, 0.3) is 0 Å². The molecule has 0 saturated carbocycles. The summed E-state index contributed by atoms with van der Waals surface area (Å²) in [6, 6.07) is 0. The smallest absolute Gasteiger partial charge is 0.306 e. The van der Waals surface area contributed by atoms with Gasteiger partial charge in [-0.2, -0.15) is 0 Å². The molecule has 0 spiro atoms. The number of esters is 2. The second kappa shape index (κ2) is 60.1. The lowest BCUT2D eigenvalue weighted by molar-refractivity contribution is -0.870. The van der Waals surface area contributed by atoms with Crippen LogP contribution >= 0.6 is 0 Å². The van der Waals surface area contributed by atoms with Crippen LogP contribution in [0.4, 0.5) is 0 Å². The van der Waals surface area contributed by atoms with Crippen LogP contribution < -0.4 is 5.11 Å². The highest BCUT2D eigenvalue weighted by atomic mass is 16.7. The lowest BCUT2D eigenvalue weighted by atomic mass is 10.0. The van der Waals surface area contributed by atoms with E-state index in [4.69, 9.17) is 18.9 Å². The fourth-order valence-electron chi connectivity index (χ4n) is 10.3. The molecule has 0 fully saturated rings. The van der Waals surface area contributed by atoms with Crippen molar-refractivity contribution in [3.63, 3.8) is 0 Å². The van der Waals surface area contributed by atoms with Gasteiger partial charge in [0.05, 0.1) is 40.3 Å². The molecule has 0 aromatic heterocycles. The first-order chi connectivity index (χ1) is 37.6. The van der Waals surface area contributed by atoms with Crippen molar-refractivity contribution >= 4 is 17.9 Å². The van der Waals surface area contributed by atoms with Gasteiger partial charge in [-0.25, -0.2) is 0 Å². The summed E-state index contributed by atoms with van der Waals surface area (Å²) >= 11 is 0. The van der Waals surface area contributed by atoms with Crippen LogP contribution in [0.2, 0.25) is 0 Å². The minimum Gasteiger partial charge on any atom is -0.545 e. The number of carbonyl (C=O) groups excluding carboxylic acids is 3. The molecular formula is C68H131NO8. The number of quaternary nitrogens is 1. The first kappa shape index (κ1) is 75.0. The molecule has 0 rings (SSSR count). The highest BCUT2D eigenvalue weighted by Crippen LogP contribution is 2.19. The monoisotopic (exact) mass is 1090 g/mol. The van der Waals surface area contributed by atoms with Crippen LogP contribution in [0.3, 0.4) is 0 Å². The van der Waals surface area contributed by atoms with Crippen LogP contribution in [0.1, 0.15) is 348 Å². The van der Waals surface area contributed by atoms with E-state index in [9.17, 15) is 19.5 Å². The van der Waals surface area contributed by atoms with Crippen LogP contribution in [-0.2, 0) is 33.3 Å². The molecule has 0 saturated heterocycles. The second-order valence-corrected chi connectivity index (χ2v) is 24.5. The molecule has 0 aromatic carbocycles. The number of allylic oxidation sites excluding steroid dienone is 2. The summed E-state index contributed by atoms with van der Waals surface area (Å²) in [4.78, 5) is 37.2. The largest absolute Gasteiger partial charge is 0.545 e. The molecule has 0 aliphatic heterocycles. The van der Waals surface area contributed by atoms with E-state index in [1.165, 1.54) is 257 Å². The third-order valence-electron chi connectivity index (χ3n) is 15.5. The Labute approximate surface area is 478 Å². The predicted molar refractivity (Wildman–Crippen MR) is 325 cm³/mol. The Bertz CT molecular complexity index is 1270. The van der Waals surface area contributed by atoms with Crippen LogP contribution in [0.25, 0.3) is 0 Å². The molecule has 0 aliphatic carbocycles. The van der Waals surface area contributed by atoms with Crippen molar-refractivity contribution in [2.45, 2.75) is 360 Å². The maximum Gasteiger partial charge on any atom is 0.306 e.